The summed E-state index contributed by atoms with van der Waals surface area (Å²) in [5, 5.41) is 11.5. The number of aromatic nitrogens is 3. The number of hydrogen-bond acceptors (Lipinski definition) is 7. The van der Waals surface area contributed by atoms with Crippen LogP contribution in [0.4, 0.5) is 5.69 Å². The third-order valence-corrected chi connectivity index (χ3v) is 5.91. The number of aryl methyl sites for hydroxylation is 1. The molecular weight excluding hydrogens is 390 g/mol. The van der Waals surface area contributed by atoms with E-state index < -0.39 is 5.25 Å². The van der Waals surface area contributed by atoms with Crippen LogP contribution in [0.1, 0.15) is 17.4 Å². The zero-order valence-corrected chi connectivity index (χ0v) is 17.1. The molecule has 2 aromatic carbocycles. The van der Waals surface area contributed by atoms with Crippen molar-refractivity contribution in [2.75, 3.05) is 25.0 Å². The van der Waals surface area contributed by atoms with Crippen LogP contribution in [0.2, 0.25) is 0 Å². The molecule has 0 saturated heterocycles. The van der Waals surface area contributed by atoms with Crippen molar-refractivity contribution in [3.8, 4) is 11.5 Å². The second-order valence-electron chi connectivity index (χ2n) is 6.47. The van der Waals surface area contributed by atoms with Crippen LogP contribution in [0.15, 0.2) is 53.7 Å². The Kier molecular flexibility index (Phi) is 5.30. The Morgan fingerprint density at radius 3 is 2.59 bits per heavy atom. The van der Waals surface area contributed by atoms with Gasteiger partial charge in [-0.15, -0.1) is 10.2 Å². The van der Waals surface area contributed by atoms with Crippen molar-refractivity contribution >= 4 is 23.4 Å². The summed E-state index contributed by atoms with van der Waals surface area (Å²) in [6, 6.07) is 14.7. The lowest BCUT2D eigenvalue weighted by atomic mass is 10.0. The van der Waals surface area contributed by atoms with Crippen LogP contribution in [-0.4, -0.2) is 40.3 Å². The highest BCUT2D eigenvalue weighted by Crippen LogP contribution is 2.38. The van der Waals surface area contributed by atoms with E-state index in [1.165, 1.54) is 11.8 Å². The van der Waals surface area contributed by atoms with Crippen molar-refractivity contribution in [1.82, 2.24) is 14.9 Å². The van der Waals surface area contributed by atoms with Gasteiger partial charge in [0.05, 0.1) is 25.9 Å². The van der Waals surface area contributed by atoms with Crippen LogP contribution in [0, 0.1) is 6.92 Å². The van der Waals surface area contributed by atoms with Crippen molar-refractivity contribution in [1.29, 1.82) is 0 Å². The Balaban J connectivity index is 1.66. The lowest BCUT2D eigenvalue weighted by molar-refractivity contribution is -0.116. The second kappa shape index (κ2) is 8.04. The Hall–Kier alpha value is -3.20. The highest BCUT2D eigenvalue weighted by molar-refractivity contribution is 8.00. The average Bonchev–Trinajstić information content (AvgIpc) is 3.13. The van der Waals surface area contributed by atoms with E-state index in [9.17, 15) is 4.79 Å². The molecule has 2 atom stereocenters. The Morgan fingerprint density at radius 2 is 1.86 bits per heavy atom. The normalized spacial score (nSPS) is 17.8. The lowest BCUT2D eigenvalue weighted by Crippen LogP contribution is -2.41. The predicted molar refractivity (Wildman–Crippen MR) is 111 cm³/mol. The summed E-state index contributed by atoms with van der Waals surface area (Å²) in [5.74, 6) is 1.94. The number of anilines is 1. The maximum atomic E-state index is 13.2. The van der Waals surface area contributed by atoms with E-state index in [0.29, 0.717) is 16.6 Å². The summed E-state index contributed by atoms with van der Waals surface area (Å²) >= 11 is 1.37. The number of nitrogens with zero attached hydrogens (tertiary/aromatic N) is 3. The molecule has 9 heteroatoms. The van der Waals surface area contributed by atoms with Crippen molar-refractivity contribution in [2.45, 2.75) is 23.4 Å². The maximum absolute atomic E-state index is 13.2. The zero-order valence-electron chi connectivity index (χ0n) is 16.2. The highest BCUT2D eigenvalue weighted by Gasteiger charge is 2.37. The molecule has 0 bridgehead atoms. The number of thioether (sulfide) groups is 1. The summed E-state index contributed by atoms with van der Waals surface area (Å²) < 4.78 is 12.4. The van der Waals surface area contributed by atoms with Gasteiger partial charge < -0.3 is 20.2 Å². The van der Waals surface area contributed by atoms with Crippen molar-refractivity contribution in [3.63, 3.8) is 0 Å². The first-order valence-corrected chi connectivity index (χ1v) is 9.91. The standard InChI is InChI=1S/C20H21N5O3S/c1-12-22-23-20-25(12)24-17(13-8-10-14(27-2)11-9-13)18(29-20)19(26)21-15-6-4-5-7-16(15)28-3/h4-11,17-18,24H,1-3H3,(H,21,26)/t17-,18+/m0/s1. The number of benzene rings is 2. The van der Waals surface area contributed by atoms with Gasteiger partial charge in [0.15, 0.2) is 0 Å². The van der Waals surface area contributed by atoms with E-state index in [-0.39, 0.29) is 11.9 Å². The lowest BCUT2D eigenvalue weighted by Gasteiger charge is -2.32. The fourth-order valence-electron chi connectivity index (χ4n) is 3.17. The molecule has 3 aromatic rings. The van der Waals surface area contributed by atoms with E-state index in [2.05, 4.69) is 20.9 Å². The number of methoxy groups -OCH3 is 2. The highest BCUT2D eigenvalue weighted by atomic mass is 32.2. The first kappa shape index (κ1) is 19.1. The van der Waals surface area contributed by atoms with Crippen LogP contribution in [0.25, 0.3) is 0 Å². The summed E-state index contributed by atoms with van der Waals surface area (Å²) in [5.41, 5.74) is 4.96. The van der Waals surface area contributed by atoms with Crippen LogP contribution in [0.5, 0.6) is 11.5 Å². The average molecular weight is 411 g/mol. The summed E-state index contributed by atoms with van der Waals surface area (Å²) in [6.07, 6.45) is 0. The van der Waals surface area contributed by atoms with Gasteiger partial charge in [0.25, 0.3) is 0 Å². The molecule has 0 unspecified atom stereocenters. The Bertz CT molecular complexity index is 1020. The van der Waals surface area contributed by atoms with Gasteiger partial charge in [-0.25, -0.2) is 4.68 Å². The molecule has 150 valence electrons. The molecule has 4 rings (SSSR count). The first-order valence-electron chi connectivity index (χ1n) is 9.03. The number of hydrogen-bond donors (Lipinski definition) is 2. The molecule has 0 saturated carbocycles. The largest absolute Gasteiger partial charge is 0.497 e. The molecule has 1 aliphatic rings. The number of carbonyl (C=O) groups is 1. The zero-order chi connectivity index (χ0) is 20.4. The van der Waals surface area contributed by atoms with Gasteiger partial charge in [-0.2, -0.15) is 0 Å². The molecule has 8 nitrogen and oxygen atoms in total. The quantitative estimate of drug-likeness (QED) is 0.667. The number of nitrogens with one attached hydrogen (secondary N) is 2. The van der Waals surface area contributed by atoms with Gasteiger partial charge in [0.2, 0.25) is 11.1 Å². The van der Waals surface area contributed by atoms with Crippen LogP contribution >= 0.6 is 11.8 Å². The van der Waals surface area contributed by atoms with Gasteiger partial charge in [-0.1, -0.05) is 36.0 Å². The minimum absolute atomic E-state index is 0.153. The molecule has 0 radical (unpaired) electrons. The van der Waals surface area contributed by atoms with Crippen LogP contribution < -0.4 is 20.2 Å². The topological polar surface area (TPSA) is 90.3 Å². The van der Waals surface area contributed by atoms with Gasteiger partial charge in [-0.05, 0) is 36.8 Å². The van der Waals surface area contributed by atoms with E-state index in [4.69, 9.17) is 9.47 Å². The Labute approximate surface area is 172 Å². The molecule has 29 heavy (non-hydrogen) atoms. The number of amides is 1. The van der Waals surface area contributed by atoms with E-state index in [1.54, 1.807) is 14.2 Å². The number of para-hydroxylation sites is 2. The number of ether oxygens (including phenoxy) is 2. The summed E-state index contributed by atoms with van der Waals surface area (Å²) in [7, 11) is 3.20. The van der Waals surface area contributed by atoms with Crippen molar-refractivity contribution in [3.05, 3.63) is 59.9 Å². The Morgan fingerprint density at radius 1 is 1.10 bits per heavy atom. The minimum Gasteiger partial charge on any atom is -0.497 e. The molecule has 1 amide bonds. The van der Waals surface area contributed by atoms with Gasteiger partial charge >= 0.3 is 0 Å². The van der Waals surface area contributed by atoms with Crippen LogP contribution in [-0.2, 0) is 4.79 Å². The molecule has 2 N–H and O–H groups in total. The first-order chi connectivity index (χ1) is 14.1. The fourth-order valence-corrected chi connectivity index (χ4v) is 4.30. The number of carbonyl (C=O) groups excluding carboxylic acids is 1. The maximum Gasteiger partial charge on any atom is 0.240 e. The van der Waals surface area contributed by atoms with Gasteiger partial charge in [0.1, 0.15) is 22.6 Å². The molecule has 1 aliphatic heterocycles. The second-order valence-corrected chi connectivity index (χ2v) is 7.58. The minimum atomic E-state index is -0.468. The predicted octanol–water partition coefficient (Wildman–Crippen LogP) is 3.00. The van der Waals surface area contributed by atoms with Crippen molar-refractivity contribution in [2.24, 2.45) is 0 Å². The number of fused-ring (bicyclic) bond motifs is 1. The van der Waals surface area contributed by atoms with Crippen molar-refractivity contribution < 1.29 is 14.3 Å². The van der Waals surface area contributed by atoms with Gasteiger partial charge in [0, 0.05) is 0 Å². The van der Waals surface area contributed by atoms with E-state index in [0.717, 1.165) is 17.1 Å². The van der Waals surface area contributed by atoms with E-state index >= 15 is 0 Å². The molecule has 2 heterocycles. The molecular formula is C20H21N5O3S. The smallest absolute Gasteiger partial charge is 0.240 e. The SMILES string of the molecule is COc1ccc([C@@H]2Nn3c(C)nnc3S[C@H]2C(=O)Nc2ccccc2OC)cc1. The summed E-state index contributed by atoms with van der Waals surface area (Å²) in [6.45, 7) is 1.87. The monoisotopic (exact) mass is 411 g/mol. The van der Waals surface area contributed by atoms with Crippen LogP contribution in [0.3, 0.4) is 0 Å². The molecule has 0 aliphatic carbocycles. The molecule has 1 aromatic heterocycles. The molecule has 0 fully saturated rings. The third-order valence-electron chi connectivity index (χ3n) is 4.70. The van der Waals surface area contributed by atoms with E-state index in [1.807, 2.05) is 60.1 Å². The molecule has 0 spiro atoms. The number of rotatable bonds is 5. The third kappa shape index (κ3) is 3.73. The van der Waals surface area contributed by atoms with Gasteiger partial charge in [-0.3, -0.25) is 4.79 Å². The fraction of sp³-hybridized carbons (Fsp3) is 0.250. The summed E-state index contributed by atoms with van der Waals surface area (Å²) in [4.78, 5) is 13.2.